The SMILES string of the molecule is Cc1cc2c(NC(=O)NC3CCN(Cc4ccc(Cl)c(F)c4)C3)cccc2cn1. The van der Waals surface area contributed by atoms with Crippen molar-refractivity contribution >= 4 is 34.1 Å². The molecule has 0 aliphatic carbocycles. The van der Waals surface area contributed by atoms with Crippen LogP contribution < -0.4 is 10.6 Å². The van der Waals surface area contributed by atoms with Gasteiger partial charge in [-0.3, -0.25) is 9.88 Å². The minimum atomic E-state index is -0.405. The second-order valence-electron chi connectivity index (χ2n) is 7.42. The van der Waals surface area contributed by atoms with Crippen molar-refractivity contribution < 1.29 is 9.18 Å². The lowest BCUT2D eigenvalue weighted by Crippen LogP contribution is -2.39. The number of likely N-dealkylation sites (tertiary alicyclic amines) is 1. The molecule has 1 aromatic heterocycles. The van der Waals surface area contributed by atoms with E-state index in [4.69, 9.17) is 11.6 Å². The zero-order valence-corrected chi connectivity index (χ0v) is 16.8. The molecule has 5 nitrogen and oxygen atoms in total. The maximum Gasteiger partial charge on any atom is 0.319 e. The highest BCUT2D eigenvalue weighted by atomic mass is 35.5. The van der Waals surface area contributed by atoms with Crippen LogP contribution in [0.1, 0.15) is 17.7 Å². The van der Waals surface area contributed by atoms with Gasteiger partial charge in [0.05, 0.1) is 10.7 Å². The number of nitrogens with zero attached hydrogens (tertiary/aromatic N) is 2. The molecule has 3 aromatic rings. The minimum Gasteiger partial charge on any atom is -0.334 e. The Morgan fingerprint density at radius 3 is 3.00 bits per heavy atom. The van der Waals surface area contributed by atoms with Gasteiger partial charge < -0.3 is 10.6 Å². The number of carbonyl (C=O) groups is 1. The zero-order chi connectivity index (χ0) is 20.4. The van der Waals surface area contributed by atoms with Gasteiger partial charge in [0.2, 0.25) is 0 Å². The number of amides is 2. The Hall–Kier alpha value is -2.70. The summed E-state index contributed by atoms with van der Waals surface area (Å²) < 4.78 is 13.6. The first kappa shape index (κ1) is 19.6. The maximum absolute atomic E-state index is 13.6. The predicted molar refractivity (Wildman–Crippen MR) is 114 cm³/mol. The van der Waals surface area contributed by atoms with Gasteiger partial charge in [0.1, 0.15) is 5.82 Å². The fraction of sp³-hybridized carbons (Fsp3) is 0.273. The van der Waals surface area contributed by atoms with Crippen molar-refractivity contribution in [1.29, 1.82) is 0 Å². The number of rotatable bonds is 4. The molecule has 1 atom stereocenters. The van der Waals surface area contributed by atoms with E-state index in [1.807, 2.05) is 43.5 Å². The second-order valence-corrected chi connectivity index (χ2v) is 7.83. The van der Waals surface area contributed by atoms with Crippen LogP contribution >= 0.6 is 11.6 Å². The van der Waals surface area contributed by atoms with Gasteiger partial charge in [-0.25, -0.2) is 9.18 Å². The normalized spacial score (nSPS) is 16.9. The molecule has 2 amide bonds. The largest absolute Gasteiger partial charge is 0.334 e. The third kappa shape index (κ3) is 4.66. The highest BCUT2D eigenvalue weighted by Crippen LogP contribution is 2.24. The highest BCUT2D eigenvalue weighted by Gasteiger charge is 2.24. The quantitative estimate of drug-likeness (QED) is 0.651. The van der Waals surface area contributed by atoms with E-state index in [-0.39, 0.29) is 17.1 Å². The predicted octanol–water partition coefficient (Wildman–Crippen LogP) is 4.73. The third-order valence-corrected chi connectivity index (χ3v) is 5.45. The first-order valence-corrected chi connectivity index (χ1v) is 9.95. The van der Waals surface area contributed by atoms with Gasteiger partial charge in [-0.2, -0.15) is 0 Å². The molecule has 7 heteroatoms. The van der Waals surface area contributed by atoms with Crippen LogP contribution in [0.5, 0.6) is 0 Å². The number of carbonyl (C=O) groups excluding carboxylic acids is 1. The monoisotopic (exact) mass is 412 g/mol. The summed E-state index contributed by atoms with van der Waals surface area (Å²) in [4.78, 5) is 19.0. The molecule has 2 aromatic carbocycles. The lowest BCUT2D eigenvalue weighted by atomic mass is 10.1. The van der Waals surface area contributed by atoms with Gasteiger partial charge in [0.25, 0.3) is 0 Å². The highest BCUT2D eigenvalue weighted by molar-refractivity contribution is 6.30. The molecule has 2 heterocycles. The number of benzene rings is 2. The van der Waals surface area contributed by atoms with Crippen molar-refractivity contribution in [3.8, 4) is 0 Å². The van der Waals surface area contributed by atoms with Crippen LogP contribution in [-0.2, 0) is 6.54 Å². The number of hydrogen-bond acceptors (Lipinski definition) is 3. The standard InChI is InChI=1S/C22H22ClFN4O/c1-14-9-18-16(11-25-14)3-2-4-21(18)27-22(29)26-17-7-8-28(13-17)12-15-5-6-19(23)20(24)10-15/h2-6,9-11,17H,7-8,12-13H2,1H3,(H2,26,27,29). The molecule has 2 N–H and O–H groups in total. The van der Waals surface area contributed by atoms with E-state index >= 15 is 0 Å². The van der Waals surface area contributed by atoms with Gasteiger partial charge in [-0.05, 0) is 43.2 Å². The number of aryl methyl sites for hydroxylation is 1. The lowest BCUT2D eigenvalue weighted by Gasteiger charge is -2.17. The average Bonchev–Trinajstić information content (AvgIpc) is 3.12. The molecule has 1 aliphatic rings. The topological polar surface area (TPSA) is 57.3 Å². The van der Waals surface area contributed by atoms with Gasteiger partial charge >= 0.3 is 6.03 Å². The van der Waals surface area contributed by atoms with E-state index < -0.39 is 5.82 Å². The van der Waals surface area contributed by atoms with E-state index in [0.717, 1.165) is 47.2 Å². The fourth-order valence-corrected chi connectivity index (χ4v) is 3.83. The Balaban J connectivity index is 1.35. The number of halogens is 2. The number of fused-ring (bicyclic) bond motifs is 1. The first-order chi connectivity index (χ1) is 14.0. The third-order valence-electron chi connectivity index (χ3n) is 5.15. The maximum atomic E-state index is 13.6. The molecule has 1 aliphatic heterocycles. The smallest absolute Gasteiger partial charge is 0.319 e. The molecular formula is C22H22ClFN4O. The molecular weight excluding hydrogens is 391 g/mol. The Kier molecular flexibility index (Phi) is 5.65. The molecule has 150 valence electrons. The molecule has 0 bridgehead atoms. The molecule has 0 saturated carbocycles. The lowest BCUT2D eigenvalue weighted by molar-refractivity contribution is 0.247. The number of urea groups is 1. The Bertz CT molecular complexity index is 1060. The van der Waals surface area contributed by atoms with Crippen LogP contribution in [0.15, 0.2) is 48.7 Å². The summed E-state index contributed by atoms with van der Waals surface area (Å²) in [5, 5.41) is 8.08. The van der Waals surface area contributed by atoms with E-state index in [9.17, 15) is 9.18 Å². The second kappa shape index (κ2) is 8.35. The number of pyridine rings is 1. The van der Waals surface area contributed by atoms with Gasteiger partial charge in [0.15, 0.2) is 0 Å². The van der Waals surface area contributed by atoms with Gasteiger partial charge in [-0.15, -0.1) is 0 Å². The summed E-state index contributed by atoms with van der Waals surface area (Å²) in [6, 6.07) is 12.4. The molecule has 29 heavy (non-hydrogen) atoms. The molecule has 0 radical (unpaired) electrons. The van der Waals surface area contributed by atoms with E-state index in [0.29, 0.717) is 6.54 Å². The van der Waals surface area contributed by atoms with E-state index in [1.165, 1.54) is 6.07 Å². The Morgan fingerprint density at radius 2 is 2.17 bits per heavy atom. The van der Waals surface area contributed by atoms with Gasteiger partial charge in [0, 0.05) is 48.3 Å². The van der Waals surface area contributed by atoms with Crippen molar-refractivity contribution in [2.75, 3.05) is 18.4 Å². The van der Waals surface area contributed by atoms with Crippen LogP contribution in [0.3, 0.4) is 0 Å². The summed E-state index contributed by atoms with van der Waals surface area (Å²) in [5.41, 5.74) is 2.53. The summed E-state index contributed by atoms with van der Waals surface area (Å²) in [7, 11) is 0. The fourth-order valence-electron chi connectivity index (χ4n) is 3.72. The molecule has 1 unspecified atom stereocenters. The Morgan fingerprint density at radius 1 is 1.31 bits per heavy atom. The summed E-state index contributed by atoms with van der Waals surface area (Å²) in [6.07, 6.45) is 2.66. The van der Waals surface area contributed by atoms with Crippen LogP contribution in [0.25, 0.3) is 10.8 Å². The minimum absolute atomic E-state index is 0.0468. The van der Waals surface area contributed by atoms with Crippen LogP contribution in [-0.4, -0.2) is 35.0 Å². The van der Waals surface area contributed by atoms with Crippen molar-refractivity contribution in [3.63, 3.8) is 0 Å². The summed E-state index contributed by atoms with van der Waals surface area (Å²) in [6.45, 7) is 4.12. The van der Waals surface area contributed by atoms with Crippen molar-refractivity contribution in [2.24, 2.45) is 0 Å². The van der Waals surface area contributed by atoms with Crippen molar-refractivity contribution in [2.45, 2.75) is 25.9 Å². The first-order valence-electron chi connectivity index (χ1n) is 9.57. The van der Waals surface area contributed by atoms with Gasteiger partial charge in [-0.1, -0.05) is 29.8 Å². The zero-order valence-electron chi connectivity index (χ0n) is 16.1. The van der Waals surface area contributed by atoms with Crippen molar-refractivity contribution in [3.05, 3.63) is 70.8 Å². The number of anilines is 1. The number of aromatic nitrogens is 1. The summed E-state index contributed by atoms with van der Waals surface area (Å²) >= 11 is 5.74. The number of nitrogens with one attached hydrogen (secondary N) is 2. The molecule has 4 rings (SSSR count). The average molecular weight is 413 g/mol. The molecule has 1 fully saturated rings. The molecule has 1 saturated heterocycles. The van der Waals surface area contributed by atoms with Crippen molar-refractivity contribution in [1.82, 2.24) is 15.2 Å². The van der Waals surface area contributed by atoms with E-state index in [1.54, 1.807) is 6.07 Å². The van der Waals surface area contributed by atoms with E-state index in [2.05, 4.69) is 20.5 Å². The molecule has 0 spiro atoms. The Labute approximate surface area is 173 Å². The number of hydrogen-bond donors (Lipinski definition) is 2. The van der Waals surface area contributed by atoms with Crippen LogP contribution in [0, 0.1) is 12.7 Å². The summed E-state index contributed by atoms with van der Waals surface area (Å²) in [5.74, 6) is -0.405. The van der Waals surface area contributed by atoms with Crippen LogP contribution in [0.4, 0.5) is 14.9 Å². The van der Waals surface area contributed by atoms with Crippen LogP contribution in [0.2, 0.25) is 5.02 Å².